The summed E-state index contributed by atoms with van der Waals surface area (Å²) in [5.74, 6) is -0.213. The third-order valence-electron chi connectivity index (χ3n) is 1.74. The maximum Gasteiger partial charge on any atom is 0.306 e. The van der Waals surface area contributed by atoms with E-state index in [1.54, 1.807) is 0 Å². The minimum Gasteiger partial charge on any atom is -0.460 e. The summed E-state index contributed by atoms with van der Waals surface area (Å²) < 4.78 is 17.6. The van der Waals surface area contributed by atoms with Gasteiger partial charge in [0.15, 0.2) is 0 Å². The monoisotopic (exact) mass is 173 g/mol. The first-order valence-corrected chi connectivity index (χ1v) is 4.47. The summed E-state index contributed by atoms with van der Waals surface area (Å²) in [4.78, 5) is 11.1. The maximum atomic E-state index is 11.1. The standard InChI is InChI=1S/C9H16O3/c1-2-4-9(10)12-8-5-3-6-11-7-8/h8H,2-7H2,1H3/i7D. The van der Waals surface area contributed by atoms with Crippen LogP contribution in [0, 0.1) is 0 Å². The molecule has 1 rings (SSSR count). The summed E-state index contributed by atoms with van der Waals surface area (Å²) >= 11 is 0. The van der Waals surface area contributed by atoms with Crippen molar-refractivity contribution in [3.8, 4) is 0 Å². The SMILES string of the molecule is [2H]C1OCCCC1OC(=O)CCC. The van der Waals surface area contributed by atoms with Crippen LogP contribution in [0.15, 0.2) is 0 Å². The molecule has 0 aromatic heterocycles. The smallest absolute Gasteiger partial charge is 0.306 e. The molecule has 70 valence electrons. The first-order valence-electron chi connectivity index (χ1n) is 5.05. The first-order chi connectivity index (χ1) is 6.24. The molecule has 0 N–H and O–H groups in total. The van der Waals surface area contributed by atoms with Crippen molar-refractivity contribution in [1.82, 2.24) is 0 Å². The number of carbonyl (C=O) groups is 1. The van der Waals surface area contributed by atoms with Crippen molar-refractivity contribution in [2.24, 2.45) is 0 Å². The Balaban J connectivity index is 2.29. The highest BCUT2D eigenvalue weighted by Gasteiger charge is 2.17. The lowest BCUT2D eigenvalue weighted by molar-refractivity contribution is -0.155. The fraction of sp³-hybridized carbons (Fsp3) is 0.889. The zero-order valence-corrected chi connectivity index (χ0v) is 7.41. The van der Waals surface area contributed by atoms with Gasteiger partial charge in [0.25, 0.3) is 0 Å². The molecular formula is C9H16O3. The van der Waals surface area contributed by atoms with Gasteiger partial charge in [-0.3, -0.25) is 4.79 Å². The van der Waals surface area contributed by atoms with Crippen LogP contribution in [0.25, 0.3) is 0 Å². The molecule has 0 aliphatic carbocycles. The van der Waals surface area contributed by atoms with Gasteiger partial charge in [0.05, 0.1) is 7.95 Å². The third kappa shape index (κ3) is 3.22. The van der Waals surface area contributed by atoms with E-state index in [0.29, 0.717) is 13.0 Å². The second kappa shape index (κ2) is 5.14. The molecule has 1 heterocycles. The topological polar surface area (TPSA) is 35.5 Å². The minimum atomic E-state index is -0.686. The van der Waals surface area contributed by atoms with Gasteiger partial charge in [-0.25, -0.2) is 0 Å². The number of hydrogen-bond acceptors (Lipinski definition) is 3. The Hall–Kier alpha value is -0.570. The quantitative estimate of drug-likeness (QED) is 0.607. The fourth-order valence-corrected chi connectivity index (χ4v) is 1.13. The lowest BCUT2D eigenvalue weighted by Gasteiger charge is -2.21. The van der Waals surface area contributed by atoms with Gasteiger partial charge in [0.2, 0.25) is 0 Å². The van der Waals surface area contributed by atoms with Crippen LogP contribution in [0.5, 0.6) is 0 Å². The van der Waals surface area contributed by atoms with Crippen LogP contribution in [0.4, 0.5) is 0 Å². The molecule has 1 fully saturated rings. The van der Waals surface area contributed by atoms with E-state index in [1.807, 2.05) is 6.92 Å². The Bertz CT molecular complexity index is 172. The maximum absolute atomic E-state index is 11.1. The van der Waals surface area contributed by atoms with Gasteiger partial charge in [-0.2, -0.15) is 0 Å². The van der Waals surface area contributed by atoms with Crippen molar-refractivity contribution in [2.75, 3.05) is 13.2 Å². The van der Waals surface area contributed by atoms with Gasteiger partial charge in [-0.1, -0.05) is 6.92 Å². The minimum absolute atomic E-state index is 0.213. The van der Waals surface area contributed by atoms with E-state index in [4.69, 9.17) is 10.8 Å². The molecule has 0 radical (unpaired) electrons. The fourth-order valence-electron chi connectivity index (χ4n) is 1.13. The molecule has 0 spiro atoms. The molecule has 12 heavy (non-hydrogen) atoms. The van der Waals surface area contributed by atoms with Gasteiger partial charge in [-0.05, 0) is 19.3 Å². The summed E-state index contributed by atoms with van der Waals surface area (Å²) in [6.45, 7) is 1.85. The van der Waals surface area contributed by atoms with Crippen LogP contribution >= 0.6 is 0 Å². The molecule has 0 bridgehead atoms. The molecule has 2 atom stereocenters. The average Bonchev–Trinajstić information content (AvgIpc) is 2.09. The van der Waals surface area contributed by atoms with Gasteiger partial charge in [0.1, 0.15) is 6.10 Å². The van der Waals surface area contributed by atoms with Crippen LogP contribution in [-0.2, 0) is 14.3 Å². The van der Waals surface area contributed by atoms with E-state index in [-0.39, 0.29) is 12.1 Å². The molecule has 1 aliphatic rings. The molecule has 2 unspecified atom stereocenters. The number of carbonyl (C=O) groups excluding carboxylic acids is 1. The molecule has 3 heteroatoms. The first kappa shape index (κ1) is 8.05. The number of hydrogen-bond donors (Lipinski definition) is 0. The van der Waals surface area contributed by atoms with Crippen molar-refractivity contribution in [2.45, 2.75) is 38.7 Å². The number of rotatable bonds is 3. The molecule has 0 saturated carbocycles. The molecule has 1 aliphatic heterocycles. The predicted octanol–water partition coefficient (Wildman–Crippen LogP) is 1.51. The van der Waals surface area contributed by atoms with Gasteiger partial charge in [-0.15, -0.1) is 0 Å². The number of esters is 1. The summed E-state index contributed by atoms with van der Waals surface area (Å²) in [5, 5.41) is 0. The molecule has 3 nitrogen and oxygen atoms in total. The van der Waals surface area contributed by atoms with Crippen molar-refractivity contribution in [3.05, 3.63) is 0 Å². The van der Waals surface area contributed by atoms with Crippen molar-refractivity contribution in [1.29, 1.82) is 0 Å². The summed E-state index contributed by atoms with van der Waals surface area (Å²) in [5.41, 5.74) is 0. The van der Waals surface area contributed by atoms with Gasteiger partial charge >= 0.3 is 5.97 Å². The molecule has 1 saturated heterocycles. The summed E-state index contributed by atoms with van der Waals surface area (Å²) in [6.07, 6.45) is 2.49. The summed E-state index contributed by atoms with van der Waals surface area (Å²) in [7, 11) is 0. The summed E-state index contributed by atoms with van der Waals surface area (Å²) in [6, 6.07) is 0. The Labute approximate surface area is 74.4 Å². The lowest BCUT2D eigenvalue weighted by Crippen LogP contribution is -2.27. The highest BCUT2D eigenvalue weighted by atomic mass is 16.6. The largest absolute Gasteiger partial charge is 0.460 e. The Kier molecular flexibility index (Phi) is 3.45. The van der Waals surface area contributed by atoms with E-state index in [9.17, 15) is 4.79 Å². The third-order valence-corrected chi connectivity index (χ3v) is 1.74. The van der Waals surface area contributed by atoms with E-state index in [2.05, 4.69) is 0 Å². The Morgan fingerprint density at radius 2 is 2.67 bits per heavy atom. The Morgan fingerprint density at radius 3 is 3.33 bits per heavy atom. The van der Waals surface area contributed by atoms with Crippen molar-refractivity contribution >= 4 is 5.97 Å². The molecular weight excluding hydrogens is 156 g/mol. The molecule has 0 amide bonds. The lowest BCUT2D eigenvalue weighted by atomic mass is 10.2. The second-order valence-corrected chi connectivity index (χ2v) is 2.93. The number of ether oxygens (including phenoxy) is 2. The zero-order valence-electron chi connectivity index (χ0n) is 8.41. The van der Waals surface area contributed by atoms with Crippen LogP contribution in [-0.4, -0.2) is 25.3 Å². The van der Waals surface area contributed by atoms with Crippen molar-refractivity contribution < 1.29 is 15.6 Å². The highest BCUT2D eigenvalue weighted by Crippen LogP contribution is 2.10. The van der Waals surface area contributed by atoms with Gasteiger partial charge in [0, 0.05) is 13.0 Å². The molecule has 0 aromatic rings. The van der Waals surface area contributed by atoms with Crippen LogP contribution in [0.3, 0.4) is 0 Å². The van der Waals surface area contributed by atoms with E-state index in [0.717, 1.165) is 19.3 Å². The van der Waals surface area contributed by atoms with Crippen LogP contribution < -0.4 is 0 Å². The van der Waals surface area contributed by atoms with E-state index in [1.165, 1.54) is 0 Å². The normalized spacial score (nSPS) is 30.9. The predicted molar refractivity (Wildman–Crippen MR) is 44.8 cm³/mol. The van der Waals surface area contributed by atoms with Crippen LogP contribution in [0.1, 0.15) is 34.0 Å². The van der Waals surface area contributed by atoms with Crippen LogP contribution in [0.2, 0.25) is 0 Å². The van der Waals surface area contributed by atoms with E-state index < -0.39 is 6.58 Å². The van der Waals surface area contributed by atoms with Gasteiger partial charge < -0.3 is 9.47 Å². The van der Waals surface area contributed by atoms with E-state index >= 15 is 0 Å². The Morgan fingerprint density at radius 1 is 1.83 bits per heavy atom. The molecule has 0 aromatic carbocycles. The zero-order chi connectivity index (χ0) is 9.68. The average molecular weight is 173 g/mol. The van der Waals surface area contributed by atoms with Crippen molar-refractivity contribution in [3.63, 3.8) is 0 Å². The highest BCUT2D eigenvalue weighted by molar-refractivity contribution is 5.69. The second-order valence-electron chi connectivity index (χ2n) is 2.93.